The smallest absolute Gasteiger partial charge is 0.277 e. The molecule has 0 radical (unpaired) electrons. The standard InChI is InChI=1S/C17H18N6O2/c1-11-8-15(22-25-11)21-17(24)14-9-19-16(10-18-14)20-12-4-6-13(7-5-12)23(2)3/h4-10H,1-3H3,(H,19,20)(H,21,22,24). The van der Waals surface area contributed by atoms with E-state index in [1.54, 1.807) is 13.0 Å². The van der Waals surface area contributed by atoms with Crippen molar-refractivity contribution in [2.75, 3.05) is 29.6 Å². The van der Waals surface area contributed by atoms with Crippen molar-refractivity contribution < 1.29 is 9.32 Å². The molecule has 3 rings (SSSR count). The van der Waals surface area contributed by atoms with Crippen molar-refractivity contribution >= 4 is 28.9 Å². The predicted molar refractivity (Wildman–Crippen MR) is 95.3 cm³/mol. The van der Waals surface area contributed by atoms with Crippen molar-refractivity contribution in [3.63, 3.8) is 0 Å². The van der Waals surface area contributed by atoms with E-state index in [1.807, 2.05) is 43.3 Å². The average Bonchev–Trinajstić information content (AvgIpc) is 3.01. The number of aromatic nitrogens is 3. The normalized spacial score (nSPS) is 10.4. The van der Waals surface area contributed by atoms with Crippen LogP contribution in [0.25, 0.3) is 0 Å². The molecule has 0 aliphatic carbocycles. The van der Waals surface area contributed by atoms with E-state index in [-0.39, 0.29) is 5.69 Å². The van der Waals surface area contributed by atoms with Crippen LogP contribution in [0.5, 0.6) is 0 Å². The maximum Gasteiger partial charge on any atom is 0.277 e. The molecular weight excluding hydrogens is 320 g/mol. The Balaban J connectivity index is 1.64. The zero-order valence-electron chi connectivity index (χ0n) is 14.1. The molecule has 0 bridgehead atoms. The number of anilines is 4. The van der Waals surface area contributed by atoms with Gasteiger partial charge in [0.15, 0.2) is 5.82 Å². The number of nitrogens with zero attached hydrogens (tertiary/aromatic N) is 4. The lowest BCUT2D eigenvalue weighted by Crippen LogP contribution is -2.14. The first kappa shape index (κ1) is 16.4. The Morgan fingerprint density at radius 1 is 1.08 bits per heavy atom. The molecule has 8 heteroatoms. The fourth-order valence-corrected chi connectivity index (χ4v) is 2.11. The quantitative estimate of drug-likeness (QED) is 0.738. The van der Waals surface area contributed by atoms with Crippen LogP contribution in [-0.4, -0.2) is 35.1 Å². The summed E-state index contributed by atoms with van der Waals surface area (Å²) in [6, 6.07) is 9.52. The summed E-state index contributed by atoms with van der Waals surface area (Å²) in [6.07, 6.45) is 2.90. The van der Waals surface area contributed by atoms with Crippen molar-refractivity contribution in [2.45, 2.75) is 6.92 Å². The van der Waals surface area contributed by atoms with Crippen LogP contribution in [0.1, 0.15) is 16.2 Å². The van der Waals surface area contributed by atoms with Gasteiger partial charge in [-0.3, -0.25) is 4.79 Å². The van der Waals surface area contributed by atoms with E-state index in [0.29, 0.717) is 17.4 Å². The molecule has 0 unspecified atom stereocenters. The van der Waals surface area contributed by atoms with Crippen LogP contribution in [-0.2, 0) is 0 Å². The van der Waals surface area contributed by atoms with Crippen LogP contribution in [0, 0.1) is 6.92 Å². The summed E-state index contributed by atoms with van der Waals surface area (Å²) in [4.78, 5) is 22.4. The van der Waals surface area contributed by atoms with E-state index in [0.717, 1.165) is 11.4 Å². The number of amides is 1. The second-order valence-corrected chi connectivity index (χ2v) is 5.63. The molecule has 128 valence electrons. The lowest BCUT2D eigenvalue weighted by atomic mass is 10.2. The van der Waals surface area contributed by atoms with E-state index >= 15 is 0 Å². The molecule has 0 saturated carbocycles. The summed E-state index contributed by atoms with van der Waals surface area (Å²) in [6.45, 7) is 1.74. The zero-order valence-corrected chi connectivity index (χ0v) is 14.1. The van der Waals surface area contributed by atoms with E-state index < -0.39 is 5.91 Å². The molecule has 0 aliphatic rings. The third kappa shape index (κ3) is 4.11. The summed E-state index contributed by atoms with van der Waals surface area (Å²) in [5.41, 5.74) is 2.18. The number of nitrogens with one attached hydrogen (secondary N) is 2. The maximum atomic E-state index is 12.1. The Hall–Kier alpha value is -3.42. The number of benzene rings is 1. The summed E-state index contributed by atoms with van der Waals surface area (Å²) < 4.78 is 4.90. The van der Waals surface area contributed by atoms with Gasteiger partial charge in [0.25, 0.3) is 5.91 Å². The van der Waals surface area contributed by atoms with Gasteiger partial charge < -0.3 is 20.1 Å². The second kappa shape index (κ2) is 7.00. The Kier molecular flexibility index (Phi) is 4.60. The molecule has 1 amide bonds. The topological polar surface area (TPSA) is 96.2 Å². The van der Waals surface area contributed by atoms with Crippen LogP contribution in [0.15, 0.2) is 47.2 Å². The lowest BCUT2D eigenvalue weighted by molar-refractivity contribution is 0.102. The van der Waals surface area contributed by atoms with Gasteiger partial charge in [0.2, 0.25) is 0 Å². The Morgan fingerprint density at radius 2 is 1.84 bits per heavy atom. The van der Waals surface area contributed by atoms with Gasteiger partial charge in [-0.05, 0) is 31.2 Å². The van der Waals surface area contributed by atoms with Gasteiger partial charge in [-0.15, -0.1) is 0 Å². The van der Waals surface area contributed by atoms with Gasteiger partial charge in [0.1, 0.15) is 17.3 Å². The van der Waals surface area contributed by atoms with Gasteiger partial charge in [-0.1, -0.05) is 5.16 Å². The second-order valence-electron chi connectivity index (χ2n) is 5.63. The molecule has 25 heavy (non-hydrogen) atoms. The summed E-state index contributed by atoms with van der Waals surface area (Å²) in [5, 5.41) is 9.43. The van der Waals surface area contributed by atoms with E-state index in [2.05, 4.69) is 25.8 Å². The first-order chi connectivity index (χ1) is 12.0. The number of rotatable bonds is 5. The molecule has 1 aromatic carbocycles. The maximum absolute atomic E-state index is 12.1. The van der Waals surface area contributed by atoms with Crippen LogP contribution in [0.2, 0.25) is 0 Å². The van der Waals surface area contributed by atoms with Gasteiger partial charge >= 0.3 is 0 Å². The van der Waals surface area contributed by atoms with Crippen molar-refractivity contribution in [3.05, 3.63) is 54.2 Å². The summed E-state index contributed by atoms with van der Waals surface area (Å²) in [7, 11) is 3.97. The number of aryl methyl sites for hydroxylation is 1. The molecule has 0 fully saturated rings. The van der Waals surface area contributed by atoms with Gasteiger partial charge in [-0.2, -0.15) is 0 Å². The highest BCUT2D eigenvalue weighted by Crippen LogP contribution is 2.18. The van der Waals surface area contributed by atoms with Gasteiger partial charge in [0, 0.05) is 31.5 Å². The molecule has 0 saturated heterocycles. The number of hydrogen-bond acceptors (Lipinski definition) is 7. The Morgan fingerprint density at radius 3 is 2.40 bits per heavy atom. The minimum Gasteiger partial charge on any atom is -0.378 e. The molecule has 0 aliphatic heterocycles. The molecule has 2 N–H and O–H groups in total. The number of carbonyl (C=O) groups is 1. The largest absolute Gasteiger partial charge is 0.378 e. The summed E-state index contributed by atoms with van der Waals surface area (Å²) >= 11 is 0. The van der Waals surface area contributed by atoms with Crippen LogP contribution >= 0.6 is 0 Å². The molecule has 2 heterocycles. The molecule has 2 aromatic heterocycles. The zero-order chi connectivity index (χ0) is 17.8. The third-order valence-electron chi connectivity index (χ3n) is 3.41. The first-order valence-electron chi connectivity index (χ1n) is 7.62. The van der Waals surface area contributed by atoms with Crippen LogP contribution in [0.3, 0.4) is 0 Å². The minimum absolute atomic E-state index is 0.189. The monoisotopic (exact) mass is 338 g/mol. The SMILES string of the molecule is Cc1cc(NC(=O)c2cnc(Nc3ccc(N(C)C)cc3)cn2)no1. The van der Waals surface area contributed by atoms with Crippen LogP contribution in [0.4, 0.5) is 23.0 Å². The van der Waals surface area contributed by atoms with Gasteiger partial charge in [-0.25, -0.2) is 9.97 Å². The molecule has 0 spiro atoms. The Bertz CT molecular complexity index is 856. The summed E-state index contributed by atoms with van der Waals surface area (Å²) in [5.74, 6) is 1.10. The van der Waals surface area contributed by atoms with Crippen LogP contribution < -0.4 is 15.5 Å². The van der Waals surface area contributed by atoms with E-state index in [4.69, 9.17) is 4.52 Å². The molecule has 8 nitrogen and oxygen atoms in total. The predicted octanol–water partition coefficient (Wildman–Crippen LogP) is 2.83. The first-order valence-corrected chi connectivity index (χ1v) is 7.62. The Labute approximate surface area is 144 Å². The molecule has 3 aromatic rings. The van der Waals surface area contributed by atoms with Crippen molar-refractivity contribution in [3.8, 4) is 0 Å². The fraction of sp³-hybridized carbons (Fsp3) is 0.176. The van der Waals surface area contributed by atoms with Gasteiger partial charge in [0.05, 0.1) is 12.4 Å². The number of hydrogen-bond donors (Lipinski definition) is 2. The highest BCUT2D eigenvalue weighted by molar-refractivity contribution is 6.02. The number of carbonyl (C=O) groups excluding carboxylic acids is 1. The average molecular weight is 338 g/mol. The third-order valence-corrected chi connectivity index (χ3v) is 3.41. The van der Waals surface area contributed by atoms with Crippen molar-refractivity contribution in [2.24, 2.45) is 0 Å². The fourth-order valence-electron chi connectivity index (χ4n) is 2.11. The molecular formula is C17H18N6O2. The van der Waals surface area contributed by atoms with Crippen molar-refractivity contribution in [1.82, 2.24) is 15.1 Å². The lowest BCUT2D eigenvalue weighted by Gasteiger charge is -2.13. The van der Waals surface area contributed by atoms with E-state index in [1.165, 1.54) is 12.4 Å². The van der Waals surface area contributed by atoms with E-state index in [9.17, 15) is 4.79 Å². The highest BCUT2D eigenvalue weighted by Gasteiger charge is 2.11. The highest BCUT2D eigenvalue weighted by atomic mass is 16.5. The molecule has 0 atom stereocenters. The van der Waals surface area contributed by atoms with Crippen molar-refractivity contribution in [1.29, 1.82) is 0 Å². The minimum atomic E-state index is -0.400.